The van der Waals surface area contributed by atoms with Gasteiger partial charge in [-0.25, -0.2) is 4.79 Å². The van der Waals surface area contributed by atoms with Crippen molar-refractivity contribution in [2.24, 2.45) is 0 Å². The fraction of sp³-hybridized carbons (Fsp3) is 0.263. The topological polar surface area (TPSA) is 67.9 Å². The zero-order valence-electron chi connectivity index (χ0n) is 14.1. The second kappa shape index (κ2) is 6.21. The van der Waals surface area contributed by atoms with E-state index < -0.39 is 11.6 Å². The van der Waals surface area contributed by atoms with Gasteiger partial charge in [-0.3, -0.25) is 9.69 Å². The molecule has 0 aliphatic carbocycles. The molecule has 6 nitrogen and oxygen atoms in total. The van der Waals surface area contributed by atoms with Crippen molar-refractivity contribution in [2.75, 3.05) is 13.2 Å². The lowest BCUT2D eigenvalue weighted by Gasteiger charge is -2.25. The number of imide groups is 1. The molecule has 26 heavy (non-hydrogen) atoms. The van der Waals surface area contributed by atoms with Crippen molar-refractivity contribution in [3.63, 3.8) is 0 Å². The lowest BCUT2D eigenvalue weighted by molar-refractivity contribution is -0.131. The van der Waals surface area contributed by atoms with E-state index >= 15 is 0 Å². The first kappa shape index (κ1) is 16.7. The number of urea groups is 1. The third-order valence-corrected chi connectivity index (χ3v) is 4.86. The Bertz CT molecular complexity index is 901. The van der Waals surface area contributed by atoms with Gasteiger partial charge < -0.3 is 14.8 Å². The SMILES string of the molecule is C[C@@]1(c2ccc3c(c2)OCCO3)NC(=O)N(Cc2cccc(Cl)c2)C1=O. The summed E-state index contributed by atoms with van der Waals surface area (Å²) in [7, 11) is 0. The Kier molecular flexibility index (Phi) is 4.00. The number of fused-ring (bicyclic) bond motifs is 1. The summed E-state index contributed by atoms with van der Waals surface area (Å²) in [5, 5.41) is 3.36. The van der Waals surface area contributed by atoms with Crippen molar-refractivity contribution in [2.45, 2.75) is 19.0 Å². The van der Waals surface area contributed by atoms with Gasteiger partial charge in [-0.2, -0.15) is 0 Å². The molecular weight excluding hydrogens is 356 g/mol. The van der Waals surface area contributed by atoms with Crippen molar-refractivity contribution < 1.29 is 19.1 Å². The first-order valence-corrected chi connectivity index (χ1v) is 8.64. The summed E-state index contributed by atoms with van der Waals surface area (Å²) in [6.07, 6.45) is 0. The van der Waals surface area contributed by atoms with Crippen LogP contribution in [0.15, 0.2) is 42.5 Å². The number of ether oxygens (including phenoxy) is 2. The lowest BCUT2D eigenvalue weighted by Crippen LogP contribution is -2.41. The van der Waals surface area contributed by atoms with E-state index in [-0.39, 0.29) is 12.5 Å². The summed E-state index contributed by atoms with van der Waals surface area (Å²) in [5.41, 5.74) is 0.270. The minimum Gasteiger partial charge on any atom is -0.486 e. The van der Waals surface area contributed by atoms with E-state index in [1.165, 1.54) is 4.90 Å². The van der Waals surface area contributed by atoms with Gasteiger partial charge in [-0.1, -0.05) is 29.8 Å². The van der Waals surface area contributed by atoms with Gasteiger partial charge in [-0.05, 0) is 42.3 Å². The third kappa shape index (κ3) is 2.76. The maximum Gasteiger partial charge on any atom is 0.325 e. The molecule has 2 aliphatic heterocycles. The molecule has 3 amide bonds. The zero-order chi connectivity index (χ0) is 18.3. The van der Waals surface area contributed by atoms with Gasteiger partial charge >= 0.3 is 6.03 Å². The maximum atomic E-state index is 13.0. The molecule has 0 radical (unpaired) electrons. The Morgan fingerprint density at radius 2 is 1.88 bits per heavy atom. The summed E-state index contributed by atoms with van der Waals surface area (Å²) in [4.78, 5) is 26.7. The smallest absolute Gasteiger partial charge is 0.325 e. The van der Waals surface area contributed by atoms with Crippen LogP contribution in [0.5, 0.6) is 11.5 Å². The Morgan fingerprint density at radius 3 is 2.65 bits per heavy atom. The number of benzene rings is 2. The molecule has 1 fully saturated rings. The van der Waals surface area contributed by atoms with E-state index in [9.17, 15) is 9.59 Å². The largest absolute Gasteiger partial charge is 0.486 e. The molecule has 0 spiro atoms. The maximum absolute atomic E-state index is 13.0. The molecule has 2 aliphatic rings. The summed E-state index contributed by atoms with van der Waals surface area (Å²) < 4.78 is 11.1. The van der Waals surface area contributed by atoms with Gasteiger partial charge in [0.05, 0.1) is 6.54 Å². The van der Waals surface area contributed by atoms with E-state index in [4.69, 9.17) is 21.1 Å². The molecule has 0 unspecified atom stereocenters. The Balaban J connectivity index is 1.63. The first-order chi connectivity index (χ1) is 12.5. The molecule has 2 heterocycles. The van der Waals surface area contributed by atoms with E-state index in [1.807, 2.05) is 6.07 Å². The van der Waals surface area contributed by atoms with Crippen molar-refractivity contribution in [1.29, 1.82) is 0 Å². The van der Waals surface area contributed by atoms with Gasteiger partial charge in [-0.15, -0.1) is 0 Å². The Hall–Kier alpha value is -2.73. The quantitative estimate of drug-likeness (QED) is 0.841. The van der Waals surface area contributed by atoms with Gasteiger partial charge in [0.15, 0.2) is 11.5 Å². The predicted molar refractivity (Wildman–Crippen MR) is 95.3 cm³/mol. The predicted octanol–water partition coefficient (Wildman–Crippen LogP) is 3.08. The molecule has 1 saturated heterocycles. The van der Waals surface area contributed by atoms with Crippen molar-refractivity contribution in [3.05, 3.63) is 58.6 Å². The normalized spacial score (nSPS) is 21.7. The number of carbonyl (C=O) groups excluding carboxylic acids is 2. The van der Waals surface area contributed by atoms with Crippen LogP contribution in [-0.4, -0.2) is 30.1 Å². The van der Waals surface area contributed by atoms with Crippen LogP contribution in [0.2, 0.25) is 5.02 Å². The van der Waals surface area contributed by atoms with Crippen molar-refractivity contribution in [3.8, 4) is 11.5 Å². The van der Waals surface area contributed by atoms with Crippen LogP contribution < -0.4 is 14.8 Å². The Labute approximate surface area is 155 Å². The standard InChI is InChI=1S/C19H17ClN2O4/c1-19(13-5-6-15-16(10-13)26-8-7-25-15)17(23)22(18(24)21-19)11-12-3-2-4-14(20)9-12/h2-6,9-10H,7-8,11H2,1H3,(H,21,24)/t19-/m0/s1. The van der Waals surface area contributed by atoms with Crippen LogP contribution in [0.4, 0.5) is 4.79 Å². The number of hydrogen-bond donors (Lipinski definition) is 1. The first-order valence-electron chi connectivity index (χ1n) is 8.26. The summed E-state index contributed by atoms with van der Waals surface area (Å²) in [6.45, 7) is 2.79. The van der Waals surface area contributed by atoms with E-state index in [0.717, 1.165) is 5.56 Å². The molecule has 0 bridgehead atoms. The minimum atomic E-state index is -1.16. The highest BCUT2D eigenvalue weighted by molar-refractivity contribution is 6.30. The summed E-state index contributed by atoms with van der Waals surface area (Å²) in [5.74, 6) is 0.889. The lowest BCUT2D eigenvalue weighted by atomic mass is 9.91. The van der Waals surface area contributed by atoms with Gasteiger partial charge in [0, 0.05) is 5.02 Å². The minimum absolute atomic E-state index is 0.158. The highest BCUT2D eigenvalue weighted by Crippen LogP contribution is 2.37. The van der Waals surface area contributed by atoms with Crippen LogP contribution in [0.1, 0.15) is 18.1 Å². The molecule has 0 saturated carbocycles. The molecule has 2 aromatic carbocycles. The molecule has 2 aromatic rings. The summed E-state index contributed by atoms with van der Waals surface area (Å²) in [6, 6.07) is 11.9. The number of carbonyl (C=O) groups is 2. The number of halogens is 1. The molecule has 134 valence electrons. The highest BCUT2D eigenvalue weighted by Gasteiger charge is 2.49. The zero-order valence-corrected chi connectivity index (χ0v) is 14.9. The average molecular weight is 373 g/mol. The van der Waals surface area contributed by atoms with Crippen molar-refractivity contribution >= 4 is 23.5 Å². The van der Waals surface area contributed by atoms with Crippen LogP contribution in [0.25, 0.3) is 0 Å². The van der Waals surface area contributed by atoms with Gasteiger partial charge in [0.1, 0.15) is 18.8 Å². The van der Waals surface area contributed by atoms with Crippen molar-refractivity contribution in [1.82, 2.24) is 10.2 Å². The monoisotopic (exact) mass is 372 g/mol. The van der Waals surface area contributed by atoms with E-state index in [2.05, 4.69) is 5.32 Å². The fourth-order valence-electron chi connectivity index (χ4n) is 3.21. The number of amides is 3. The second-order valence-corrected chi connectivity index (χ2v) is 6.87. The average Bonchev–Trinajstić information content (AvgIpc) is 2.85. The second-order valence-electron chi connectivity index (χ2n) is 6.43. The molecule has 1 N–H and O–H groups in total. The molecule has 0 aromatic heterocycles. The summed E-state index contributed by atoms with van der Waals surface area (Å²) >= 11 is 5.99. The number of hydrogen-bond acceptors (Lipinski definition) is 4. The van der Waals surface area contributed by atoms with Crippen LogP contribution in [-0.2, 0) is 16.9 Å². The molecule has 7 heteroatoms. The third-order valence-electron chi connectivity index (χ3n) is 4.62. The number of nitrogens with one attached hydrogen (secondary N) is 1. The molecule has 4 rings (SSSR count). The molecule has 1 atom stereocenters. The molecular formula is C19H17ClN2O4. The Morgan fingerprint density at radius 1 is 1.12 bits per heavy atom. The fourth-order valence-corrected chi connectivity index (χ4v) is 3.42. The highest BCUT2D eigenvalue weighted by atomic mass is 35.5. The van der Waals surface area contributed by atoms with Crippen LogP contribution >= 0.6 is 11.6 Å². The van der Waals surface area contributed by atoms with Crippen LogP contribution in [0, 0.1) is 0 Å². The van der Waals surface area contributed by atoms with Crippen LogP contribution in [0.3, 0.4) is 0 Å². The van der Waals surface area contributed by atoms with Gasteiger partial charge in [0.25, 0.3) is 5.91 Å². The van der Waals surface area contributed by atoms with E-state index in [0.29, 0.717) is 35.3 Å². The number of nitrogens with zero attached hydrogens (tertiary/aromatic N) is 1. The van der Waals surface area contributed by atoms with E-state index in [1.54, 1.807) is 43.3 Å². The van der Waals surface area contributed by atoms with Gasteiger partial charge in [0.2, 0.25) is 0 Å². The number of rotatable bonds is 3.